The van der Waals surface area contributed by atoms with Gasteiger partial charge in [-0.1, -0.05) is 17.7 Å². The molecule has 0 atom stereocenters. The average molecular weight is 366 g/mol. The summed E-state index contributed by atoms with van der Waals surface area (Å²) in [6.45, 7) is 6.24. The standard InChI is InChI=1S/C18H25ClFN5/c1-13-12-14(2)25(24-13)11-5-9-22-18(21-3)23-10-8-15-16(19)6-4-7-17(15)20/h4,6-7,12H,5,8-11H2,1-3H3,(H2,21,22,23). The van der Waals surface area contributed by atoms with Crippen LogP contribution in [0.15, 0.2) is 29.3 Å². The van der Waals surface area contributed by atoms with Crippen LogP contribution in [0.2, 0.25) is 5.02 Å². The smallest absolute Gasteiger partial charge is 0.190 e. The molecule has 0 bridgehead atoms. The summed E-state index contributed by atoms with van der Waals surface area (Å²) in [4.78, 5) is 4.18. The van der Waals surface area contributed by atoms with Gasteiger partial charge in [0.25, 0.3) is 0 Å². The van der Waals surface area contributed by atoms with Crippen LogP contribution < -0.4 is 10.6 Å². The van der Waals surface area contributed by atoms with E-state index in [9.17, 15) is 4.39 Å². The number of guanidine groups is 1. The van der Waals surface area contributed by atoms with Crippen molar-refractivity contribution in [1.29, 1.82) is 0 Å². The first-order chi connectivity index (χ1) is 12.0. The van der Waals surface area contributed by atoms with Crippen LogP contribution in [0, 0.1) is 19.7 Å². The summed E-state index contributed by atoms with van der Waals surface area (Å²) in [7, 11) is 1.71. The van der Waals surface area contributed by atoms with E-state index >= 15 is 0 Å². The third kappa shape index (κ3) is 5.74. The molecule has 136 valence electrons. The van der Waals surface area contributed by atoms with Crippen LogP contribution >= 0.6 is 11.6 Å². The third-order valence-electron chi connectivity index (χ3n) is 3.90. The zero-order valence-corrected chi connectivity index (χ0v) is 15.7. The number of nitrogens with one attached hydrogen (secondary N) is 2. The Morgan fingerprint density at radius 1 is 1.28 bits per heavy atom. The van der Waals surface area contributed by atoms with Gasteiger partial charge in [-0.3, -0.25) is 9.67 Å². The first kappa shape index (κ1) is 19.2. The summed E-state index contributed by atoms with van der Waals surface area (Å²) in [5.41, 5.74) is 2.73. The van der Waals surface area contributed by atoms with Gasteiger partial charge in [-0.05, 0) is 44.9 Å². The molecule has 0 fully saturated rings. The number of rotatable bonds is 7. The minimum absolute atomic E-state index is 0.276. The highest BCUT2D eigenvalue weighted by atomic mass is 35.5. The van der Waals surface area contributed by atoms with Gasteiger partial charge in [-0.25, -0.2) is 4.39 Å². The van der Waals surface area contributed by atoms with Crippen molar-refractivity contribution < 1.29 is 4.39 Å². The van der Waals surface area contributed by atoms with Gasteiger partial charge in [-0.15, -0.1) is 0 Å². The monoisotopic (exact) mass is 365 g/mol. The molecule has 0 aliphatic rings. The van der Waals surface area contributed by atoms with Gasteiger partial charge in [0.15, 0.2) is 5.96 Å². The molecule has 0 saturated carbocycles. The van der Waals surface area contributed by atoms with Crippen molar-refractivity contribution in [3.05, 3.63) is 52.1 Å². The fraction of sp³-hybridized carbons (Fsp3) is 0.444. The molecule has 0 radical (unpaired) electrons. The molecule has 0 saturated heterocycles. The lowest BCUT2D eigenvalue weighted by atomic mass is 10.1. The van der Waals surface area contributed by atoms with Gasteiger partial charge in [0, 0.05) is 43.0 Å². The Labute approximate surface area is 153 Å². The first-order valence-corrected chi connectivity index (χ1v) is 8.77. The summed E-state index contributed by atoms with van der Waals surface area (Å²) < 4.78 is 15.7. The summed E-state index contributed by atoms with van der Waals surface area (Å²) in [6.07, 6.45) is 1.43. The lowest BCUT2D eigenvalue weighted by Crippen LogP contribution is -2.39. The number of hydrogen-bond acceptors (Lipinski definition) is 2. The highest BCUT2D eigenvalue weighted by molar-refractivity contribution is 6.31. The van der Waals surface area contributed by atoms with Crippen LogP contribution in [-0.2, 0) is 13.0 Å². The second-order valence-electron chi connectivity index (χ2n) is 5.88. The molecule has 0 unspecified atom stereocenters. The van der Waals surface area contributed by atoms with Crippen molar-refractivity contribution in [3.8, 4) is 0 Å². The summed E-state index contributed by atoms with van der Waals surface area (Å²) >= 11 is 6.03. The Morgan fingerprint density at radius 3 is 2.68 bits per heavy atom. The minimum atomic E-state index is -0.276. The third-order valence-corrected chi connectivity index (χ3v) is 4.25. The maximum Gasteiger partial charge on any atom is 0.190 e. The molecule has 1 aromatic carbocycles. The molecule has 2 N–H and O–H groups in total. The number of aromatic nitrogens is 2. The van der Waals surface area contributed by atoms with E-state index in [0.717, 1.165) is 25.2 Å². The first-order valence-electron chi connectivity index (χ1n) is 8.39. The lowest BCUT2D eigenvalue weighted by molar-refractivity contribution is 0.555. The second kappa shape index (κ2) is 9.42. The van der Waals surface area contributed by atoms with Gasteiger partial charge in [-0.2, -0.15) is 5.10 Å². The van der Waals surface area contributed by atoms with E-state index < -0.39 is 0 Å². The van der Waals surface area contributed by atoms with Crippen molar-refractivity contribution in [2.75, 3.05) is 20.1 Å². The molecule has 0 aliphatic carbocycles. The van der Waals surface area contributed by atoms with Gasteiger partial charge >= 0.3 is 0 Å². The zero-order valence-electron chi connectivity index (χ0n) is 14.9. The van der Waals surface area contributed by atoms with E-state index in [1.807, 2.05) is 11.6 Å². The van der Waals surface area contributed by atoms with E-state index in [1.165, 1.54) is 11.8 Å². The van der Waals surface area contributed by atoms with Crippen molar-refractivity contribution in [3.63, 3.8) is 0 Å². The Hall–Kier alpha value is -2.08. The van der Waals surface area contributed by atoms with Crippen LogP contribution in [0.3, 0.4) is 0 Å². The molecule has 1 aromatic heterocycles. The quantitative estimate of drug-likeness (QED) is 0.450. The number of aryl methyl sites for hydroxylation is 3. The Bertz CT molecular complexity index is 706. The number of hydrogen-bond donors (Lipinski definition) is 2. The van der Waals surface area contributed by atoms with E-state index in [4.69, 9.17) is 11.6 Å². The minimum Gasteiger partial charge on any atom is -0.356 e. The lowest BCUT2D eigenvalue weighted by Gasteiger charge is -2.13. The van der Waals surface area contributed by atoms with Crippen LogP contribution in [0.4, 0.5) is 4.39 Å². The van der Waals surface area contributed by atoms with Crippen molar-refractivity contribution in [1.82, 2.24) is 20.4 Å². The van der Waals surface area contributed by atoms with Crippen LogP contribution in [0.5, 0.6) is 0 Å². The topological polar surface area (TPSA) is 54.2 Å². The number of halogens is 2. The summed E-state index contributed by atoms with van der Waals surface area (Å²) in [5, 5.41) is 11.3. The maximum absolute atomic E-state index is 13.7. The molecule has 1 heterocycles. The molecule has 25 heavy (non-hydrogen) atoms. The number of nitrogens with zero attached hydrogens (tertiary/aromatic N) is 3. The largest absolute Gasteiger partial charge is 0.356 e. The van der Waals surface area contributed by atoms with Crippen LogP contribution in [-0.4, -0.2) is 35.9 Å². The van der Waals surface area contributed by atoms with E-state index in [2.05, 4.69) is 33.7 Å². The predicted molar refractivity (Wildman–Crippen MR) is 101 cm³/mol. The zero-order chi connectivity index (χ0) is 18.2. The highest BCUT2D eigenvalue weighted by Gasteiger charge is 2.07. The molecule has 7 heteroatoms. The van der Waals surface area contributed by atoms with E-state index in [-0.39, 0.29) is 5.82 Å². The summed E-state index contributed by atoms with van der Waals surface area (Å²) in [5.74, 6) is 0.419. The van der Waals surface area contributed by atoms with Gasteiger partial charge in [0.05, 0.1) is 5.69 Å². The number of aliphatic imine (C=N–C) groups is 1. The van der Waals surface area contributed by atoms with Crippen LogP contribution in [0.1, 0.15) is 23.4 Å². The van der Waals surface area contributed by atoms with Gasteiger partial charge in [0.2, 0.25) is 0 Å². The fourth-order valence-corrected chi connectivity index (χ4v) is 2.89. The Morgan fingerprint density at radius 2 is 2.04 bits per heavy atom. The van der Waals surface area contributed by atoms with Crippen molar-refractivity contribution in [2.45, 2.75) is 33.2 Å². The SMILES string of the molecule is CN=C(NCCCn1nc(C)cc1C)NCCc1c(F)cccc1Cl. The van der Waals surface area contributed by atoms with Gasteiger partial charge in [0.1, 0.15) is 5.82 Å². The Kier molecular flexibility index (Phi) is 7.25. The number of benzene rings is 1. The molecular weight excluding hydrogens is 341 g/mol. The molecule has 0 spiro atoms. The maximum atomic E-state index is 13.7. The second-order valence-corrected chi connectivity index (χ2v) is 6.29. The fourth-order valence-electron chi connectivity index (χ4n) is 2.63. The molecule has 5 nitrogen and oxygen atoms in total. The van der Waals surface area contributed by atoms with Crippen LogP contribution in [0.25, 0.3) is 0 Å². The molecule has 0 amide bonds. The average Bonchev–Trinajstić information content (AvgIpc) is 2.89. The molecular formula is C18H25ClFN5. The highest BCUT2D eigenvalue weighted by Crippen LogP contribution is 2.18. The normalized spacial score (nSPS) is 11.6. The molecule has 2 aromatic rings. The summed E-state index contributed by atoms with van der Waals surface area (Å²) in [6, 6.07) is 6.80. The van der Waals surface area contributed by atoms with E-state index in [1.54, 1.807) is 19.2 Å². The molecule has 0 aliphatic heterocycles. The van der Waals surface area contributed by atoms with E-state index in [0.29, 0.717) is 29.5 Å². The Balaban J connectivity index is 1.71. The van der Waals surface area contributed by atoms with Gasteiger partial charge < -0.3 is 10.6 Å². The predicted octanol–water partition coefficient (Wildman–Crippen LogP) is 3.09. The van der Waals surface area contributed by atoms with Crippen molar-refractivity contribution >= 4 is 17.6 Å². The van der Waals surface area contributed by atoms with Crippen molar-refractivity contribution in [2.24, 2.45) is 4.99 Å². The molecule has 2 rings (SSSR count).